The molecular weight excluding hydrogens is 440 g/mol. The summed E-state index contributed by atoms with van der Waals surface area (Å²) in [5, 5.41) is 0. The SMILES string of the molecule is COc1ccc(CS(=O)(=O)Nc2ccc3c(c2)CCC(=O)N3Cc2ccccc2)cc1OC. The molecule has 0 saturated carbocycles. The van der Waals surface area contributed by atoms with Crippen molar-refractivity contribution in [3.8, 4) is 11.5 Å². The number of ether oxygens (including phenoxy) is 2. The van der Waals surface area contributed by atoms with E-state index in [9.17, 15) is 13.2 Å². The van der Waals surface area contributed by atoms with Gasteiger partial charge in [0.2, 0.25) is 15.9 Å². The molecule has 33 heavy (non-hydrogen) atoms. The number of aryl methyl sites for hydroxylation is 1. The zero-order chi connectivity index (χ0) is 23.4. The van der Waals surface area contributed by atoms with Gasteiger partial charge in [-0.1, -0.05) is 36.4 Å². The van der Waals surface area contributed by atoms with Crippen LogP contribution < -0.4 is 19.1 Å². The Morgan fingerprint density at radius 1 is 0.879 bits per heavy atom. The highest BCUT2D eigenvalue weighted by atomic mass is 32.2. The van der Waals surface area contributed by atoms with E-state index >= 15 is 0 Å². The second-order valence-corrected chi connectivity index (χ2v) is 9.58. The van der Waals surface area contributed by atoms with Gasteiger partial charge >= 0.3 is 0 Å². The van der Waals surface area contributed by atoms with E-state index in [-0.39, 0.29) is 11.7 Å². The number of amides is 1. The van der Waals surface area contributed by atoms with Crippen LogP contribution in [0.1, 0.15) is 23.1 Å². The topological polar surface area (TPSA) is 84.9 Å². The number of methoxy groups -OCH3 is 2. The van der Waals surface area contributed by atoms with Crippen LogP contribution >= 0.6 is 0 Å². The van der Waals surface area contributed by atoms with Crippen molar-refractivity contribution in [1.29, 1.82) is 0 Å². The molecule has 0 spiro atoms. The monoisotopic (exact) mass is 466 g/mol. The summed E-state index contributed by atoms with van der Waals surface area (Å²) in [5.41, 5.74) is 3.86. The van der Waals surface area contributed by atoms with Crippen molar-refractivity contribution in [3.05, 3.63) is 83.4 Å². The average molecular weight is 467 g/mol. The van der Waals surface area contributed by atoms with Crippen molar-refractivity contribution in [2.75, 3.05) is 23.8 Å². The number of anilines is 2. The van der Waals surface area contributed by atoms with Gasteiger partial charge in [0, 0.05) is 17.8 Å². The van der Waals surface area contributed by atoms with Crippen molar-refractivity contribution in [2.24, 2.45) is 0 Å². The number of benzene rings is 3. The Balaban J connectivity index is 1.52. The summed E-state index contributed by atoms with van der Waals surface area (Å²) >= 11 is 0. The third-order valence-electron chi connectivity index (χ3n) is 5.54. The van der Waals surface area contributed by atoms with Crippen LogP contribution in [-0.2, 0) is 33.5 Å². The average Bonchev–Trinajstić information content (AvgIpc) is 2.81. The number of carbonyl (C=O) groups excluding carboxylic acids is 1. The third kappa shape index (κ3) is 5.28. The smallest absolute Gasteiger partial charge is 0.236 e. The fourth-order valence-corrected chi connectivity index (χ4v) is 5.14. The van der Waals surface area contributed by atoms with Crippen molar-refractivity contribution in [1.82, 2.24) is 0 Å². The van der Waals surface area contributed by atoms with Gasteiger partial charge in [0.1, 0.15) is 0 Å². The van der Waals surface area contributed by atoms with Gasteiger partial charge in [0.15, 0.2) is 11.5 Å². The zero-order valence-corrected chi connectivity index (χ0v) is 19.4. The number of fused-ring (bicyclic) bond motifs is 1. The van der Waals surface area contributed by atoms with E-state index in [0.29, 0.717) is 42.1 Å². The zero-order valence-electron chi connectivity index (χ0n) is 18.6. The Labute approximate surface area is 194 Å². The maximum absolute atomic E-state index is 12.8. The first-order valence-corrected chi connectivity index (χ1v) is 12.2. The fraction of sp³-hybridized carbons (Fsp3) is 0.240. The lowest BCUT2D eigenvalue weighted by Crippen LogP contribution is -2.34. The number of nitrogens with zero attached hydrogens (tertiary/aromatic N) is 1. The summed E-state index contributed by atoms with van der Waals surface area (Å²) < 4.78 is 38.7. The highest BCUT2D eigenvalue weighted by Crippen LogP contribution is 2.32. The van der Waals surface area contributed by atoms with Crippen LogP contribution in [0, 0.1) is 0 Å². The summed E-state index contributed by atoms with van der Waals surface area (Å²) in [6, 6.07) is 20.1. The van der Waals surface area contributed by atoms with Gasteiger partial charge in [0.05, 0.1) is 26.5 Å². The lowest BCUT2D eigenvalue weighted by Gasteiger charge is -2.30. The summed E-state index contributed by atoms with van der Waals surface area (Å²) in [5.74, 6) is 0.870. The van der Waals surface area contributed by atoms with Crippen LogP contribution in [0.25, 0.3) is 0 Å². The molecule has 0 fully saturated rings. The summed E-state index contributed by atoms with van der Waals surface area (Å²) in [7, 11) is -0.623. The van der Waals surface area contributed by atoms with Gasteiger partial charge in [-0.2, -0.15) is 0 Å². The fourth-order valence-electron chi connectivity index (χ4n) is 3.97. The molecule has 1 amide bonds. The maximum Gasteiger partial charge on any atom is 0.236 e. The predicted molar refractivity (Wildman–Crippen MR) is 128 cm³/mol. The minimum Gasteiger partial charge on any atom is -0.493 e. The second-order valence-electron chi connectivity index (χ2n) is 7.86. The van der Waals surface area contributed by atoms with Gasteiger partial charge in [-0.3, -0.25) is 9.52 Å². The molecule has 172 valence electrons. The van der Waals surface area contributed by atoms with E-state index < -0.39 is 10.0 Å². The van der Waals surface area contributed by atoms with E-state index in [1.54, 1.807) is 29.2 Å². The quantitative estimate of drug-likeness (QED) is 0.540. The van der Waals surface area contributed by atoms with E-state index in [0.717, 1.165) is 16.8 Å². The number of sulfonamides is 1. The molecule has 1 heterocycles. The maximum atomic E-state index is 12.8. The molecule has 4 rings (SSSR count). The second kappa shape index (κ2) is 9.54. The number of hydrogen-bond donors (Lipinski definition) is 1. The largest absolute Gasteiger partial charge is 0.493 e. The minimum absolute atomic E-state index is 0.0631. The van der Waals surface area contributed by atoms with Crippen LogP contribution in [0.15, 0.2) is 66.7 Å². The van der Waals surface area contributed by atoms with Crippen LogP contribution in [0.3, 0.4) is 0 Å². The van der Waals surface area contributed by atoms with Gasteiger partial charge in [-0.15, -0.1) is 0 Å². The lowest BCUT2D eigenvalue weighted by atomic mass is 10.00. The molecule has 0 bridgehead atoms. The molecule has 1 aliphatic heterocycles. The normalized spacial score (nSPS) is 13.4. The molecule has 8 heteroatoms. The van der Waals surface area contributed by atoms with Crippen LogP contribution in [0.2, 0.25) is 0 Å². The Kier molecular flexibility index (Phi) is 6.55. The molecule has 0 saturated heterocycles. The van der Waals surface area contributed by atoms with Crippen LogP contribution in [0.4, 0.5) is 11.4 Å². The van der Waals surface area contributed by atoms with E-state index in [4.69, 9.17) is 9.47 Å². The van der Waals surface area contributed by atoms with Gasteiger partial charge in [0.25, 0.3) is 0 Å². The van der Waals surface area contributed by atoms with E-state index in [2.05, 4.69) is 4.72 Å². The first-order chi connectivity index (χ1) is 15.9. The molecular formula is C25H26N2O5S. The summed E-state index contributed by atoms with van der Waals surface area (Å²) in [4.78, 5) is 14.3. The van der Waals surface area contributed by atoms with E-state index in [1.807, 2.05) is 42.5 Å². The van der Waals surface area contributed by atoms with Crippen molar-refractivity contribution in [3.63, 3.8) is 0 Å². The van der Waals surface area contributed by atoms with Gasteiger partial charge in [-0.05, 0) is 53.4 Å². The first kappa shape index (κ1) is 22.7. The van der Waals surface area contributed by atoms with Crippen molar-refractivity contribution in [2.45, 2.75) is 25.1 Å². The summed E-state index contributed by atoms with van der Waals surface area (Å²) in [6.45, 7) is 0.483. The van der Waals surface area contributed by atoms with Crippen LogP contribution in [-0.4, -0.2) is 28.5 Å². The standard InChI is InChI=1S/C25H26N2O5S/c1-31-23-12-8-19(14-24(23)32-2)17-33(29,30)26-21-10-11-22-20(15-21)9-13-25(28)27(22)16-18-6-4-3-5-7-18/h3-8,10-12,14-15,26H,9,13,16-17H2,1-2H3. The molecule has 3 aromatic rings. The van der Waals surface area contributed by atoms with Crippen molar-refractivity contribution < 1.29 is 22.7 Å². The minimum atomic E-state index is -3.66. The van der Waals surface area contributed by atoms with Gasteiger partial charge in [-0.25, -0.2) is 8.42 Å². The molecule has 0 radical (unpaired) electrons. The number of nitrogens with one attached hydrogen (secondary N) is 1. The molecule has 0 aromatic heterocycles. The molecule has 0 unspecified atom stereocenters. The predicted octanol–water partition coefficient (Wildman–Crippen LogP) is 4.13. The lowest BCUT2D eigenvalue weighted by molar-refractivity contribution is -0.119. The number of carbonyl (C=O) groups is 1. The number of hydrogen-bond acceptors (Lipinski definition) is 5. The van der Waals surface area contributed by atoms with Crippen LogP contribution in [0.5, 0.6) is 11.5 Å². The molecule has 1 N–H and O–H groups in total. The number of rotatable bonds is 8. The Morgan fingerprint density at radius 2 is 1.64 bits per heavy atom. The molecule has 7 nitrogen and oxygen atoms in total. The first-order valence-electron chi connectivity index (χ1n) is 10.6. The highest BCUT2D eigenvalue weighted by molar-refractivity contribution is 7.91. The Hall–Kier alpha value is -3.52. The molecule has 0 atom stereocenters. The third-order valence-corrected chi connectivity index (χ3v) is 6.80. The van der Waals surface area contributed by atoms with Crippen molar-refractivity contribution >= 4 is 27.3 Å². The highest BCUT2D eigenvalue weighted by Gasteiger charge is 2.25. The Bertz CT molecular complexity index is 1260. The van der Waals surface area contributed by atoms with Gasteiger partial charge < -0.3 is 14.4 Å². The summed E-state index contributed by atoms with van der Waals surface area (Å²) in [6.07, 6.45) is 0.965. The molecule has 0 aliphatic carbocycles. The van der Waals surface area contributed by atoms with E-state index in [1.165, 1.54) is 14.2 Å². The molecule has 1 aliphatic rings. The molecule has 3 aromatic carbocycles. The Morgan fingerprint density at radius 3 is 2.36 bits per heavy atom.